The summed E-state index contributed by atoms with van der Waals surface area (Å²) in [5.74, 6) is -0.176. The van der Waals surface area contributed by atoms with Gasteiger partial charge in [0, 0.05) is 6.04 Å². The zero-order valence-electron chi connectivity index (χ0n) is 9.74. The van der Waals surface area contributed by atoms with Crippen LogP contribution in [0.4, 0.5) is 5.69 Å². The predicted molar refractivity (Wildman–Crippen MR) is 69.2 cm³/mol. The standard InChI is InChI=1S/C12H17ClN2O2/c1-2-9(8-16)14-7-12(17)15-11-6-4-3-5-10(11)13/h3-6,9,14,16H,2,7-8H2,1H3,(H,15,17). The Hall–Kier alpha value is -1.10. The van der Waals surface area contributed by atoms with Gasteiger partial charge in [-0.05, 0) is 18.6 Å². The molecule has 1 aromatic rings. The van der Waals surface area contributed by atoms with E-state index in [9.17, 15) is 4.79 Å². The summed E-state index contributed by atoms with van der Waals surface area (Å²) in [5.41, 5.74) is 0.595. The van der Waals surface area contributed by atoms with E-state index in [1.54, 1.807) is 24.3 Å². The Balaban J connectivity index is 2.42. The van der Waals surface area contributed by atoms with Gasteiger partial charge in [0.05, 0.1) is 23.9 Å². The second-order valence-corrected chi connectivity index (χ2v) is 4.10. The number of carbonyl (C=O) groups excluding carboxylic acids is 1. The first-order valence-electron chi connectivity index (χ1n) is 5.56. The van der Waals surface area contributed by atoms with Crippen LogP contribution in [0.25, 0.3) is 0 Å². The molecule has 94 valence electrons. The fourth-order valence-electron chi connectivity index (χ4n) is 1.33. The molecule has 0 fully saturated rings. The van der Waals surface area contributed by atoms with Crippen LogP contribution in [0.15, 0.2) is 24.3 Å². The van der Waals surface area contributed by atoms with Gasteiger partial charge >= 0.3 is 0 Å². The van der Waals surface area contributed by atoms with Crippen LogP contribution in [-0.2, 0) is 4.79 Å². The Morgan fingerprint density at radius 3 is 2.76 bits per heavy atom. The minimum absolute atomic E-state index is 0.0237. The van der Waals surface area contributed by atoms with E-state index in [4.69, 9.17) is 16.7 Å². The molecule has 5 heteroatoms. The molecule has 0 heterocycles. The van der Waals surface area contributed by atoms with E-state index >= 15 is 0 Å². The summed E-state index contributed by atoms with van der Waals surface area (Å²) in [4.78, 5) is 11.6. The first kappa shape index (κ1) is 14.0. The molecule has 0 saturated carbocycles. The number of hydrogen-bond donors (Lipinski definition) is 3. The summed E-state index contributed by atoms with van der Waals surface area (Å²) in [6.45, 7) is 2.13. The van der Waals surface area contributed by atoms with Crippen molar-refractivity contribution < 1.29 is 9.90 Å². The van der Waals surface area contributed by atoms with E-state index in [1.165, 1.54) is 0 Å². The van der Waals surface area contributed by atoms with Crippen LogP contribution in [-0.4, -0.2) is 30.2 Å². The summed E-state index contributed by atoms with van der Waals surface area (Å²) in [5, 5.41) is 15.1. The molecule has 1 amide bonds. The van der Waals surface area contributed by atoms with Gasteiger partial charge in [0.15, 0.2) is 0 Å². The first-order valence-corrected chi connectivity index (χ1v) is 5.93. The van der Waals surface area contributed by atoms with Gasteiger partial charge in [-0.1, -0.05) is 30.7 Å². The van der Waals surface area contributed by atoms with Crippen molar-refractivity contribution in [3.8, 4) is 0 Å². The van der Waals surface area contributed by atoms with Crippen LogP contribution < -0.4 is 10.6 Å². The summed E-state index contributed by atoms with van der Waals surface area (Å²) in [6, 6.07) is 7.01. The first-order chi connectivity index (χ1) is 8.17. The smallest absolute Gasteiger partial charge is 0.238 e. The van der Waals surface area contributed by atoms with Crippen LogP contribution in [0, 0.1) is 0 Å². The maximum absolute atomic E-state index is 11.6. The van der Waals surface area contributed by atoms with Crippen molar-refractivity contribution in [2.45, 2.75) is 19.4 Å². The molecule has 0 aromatic heterocycles. The van der Waals surface area contributed by atoms with Crippen molar-refractivity contribution in [1.29, 1.82) is 0 Å². The lowest BCUT2D eigenvalue weighted by atomic mass is 10.2. The SMILES string of the molecule is CCC(CO)NCC(=O)Nc1ccccc1Cl. The third-order valence-electron chi connectivity index (χ3n) is 2.41. The fraction of sp³-hybridized carbons (Fsp3) is 0.417. The van der Waals surface area contributed by atoms with E-state index in [-0.39, 0.29) is 25.1 Å². The van der Waals surface area contributed by atoms with Crippen molar-refractivity contribution in [2.24, 2.45) is 0 Å². The molecule has 1 aromatic carbocycles. The van der Waals surface area contributed by atoms with Crippen LogP contribution in [0.1, 0.15) is 13.3 Å². The van der Waals surface area contributed by atoms with E-state index in [0.29, 0.717) is 10.7 Å². The molecule has 1 atom stereocenters. The lowest BCUT2D eigenvalue weighted by Gasteiger charge is -2.13. The van der Waals surface area contributed by atoms with Crippen LogP contribution in [0.2, 0.25) is 5.02 Å². The van der Waals surface area contributed by atoms with Crippen LogP contribution >= 0.6 is 11.6 Å². The monoisotopic (exact) mass is 256 g/mol. The molecule has 0 bridgehead atoms. The molecule has 17 heavy (non-hydrogen) atoms. The maximum Gasteiger partial charge on any atom is 0.238 e. The number of hydrogen-bond acceptors (Lipinski definition) is 3. The minimum Gasteiger partial charge on any atom is -0.395 e. The van der Waals surface area contributed by atoms with Crippen molar-refractivity contribution >= 4 is 23.2 Å². The van der Waals surface area contributed by atoms with E-state index in [1.807, 2.05) is 6.92 Å². The number of halogens is 1. The zero-order valence-corrected chi connectivity index (χ0v) is 10.5. The van der Waals surface area contributed by atoms with Crippen LogP contribution in [0.3, 0.4) is 0 Å². The number of para-hydroxylation sites is 1. The molecule has 1 unspecified atom stereocenters. The highest BCUT2D eigenvalue weighted by Gasteiger charge is 2.08. The third kappa shape index (κ3) is 4.73. The summed E-state index contributed by atoms with van der Waals surface area (Å²) < 4.78 is 0. The Kier molecular flexibility index (Phi) is 5.97. The van der Waals surface area contributed by atoms with E-state index < -0.39 is 0 Å². The molecule has 0 saturated heterocycles. The number of rotatable bonds is 6. The molecular weight excluding hydrogens is 240 g/mol. The predicted octanol–water partition coefficient (Wildman–Crippen LogP) is 1.64. The maximum atomic E-state index is 11.6. The van der Waals surface area contributed by atoms with Gasteiger partial charge in [0.25, 0.3) is 0 Å². The van der Waals surface area contributed by atoms with Gasteiger partial charge < -0.3 is 15.7 Å². The lowest BCUT2D eigenvalue weighted by Crippen LogP contribution is -2.37. The highest BCUT2D eigenvalue weighted by atomic mass is 35.5. The third-order valence-corrected chi connectivity index (χ3v) is 2.74. The number of aliphatic hydroxyl groups is 1. The largest absolute Gasteiger partial charge is 0.395 e. The van der Waals surface area contributed by atoms with Crippen molar-refractivity contribution in [2.75, 3.05) is 18.5 Å². The highest BCUT2D eigenvalue weighted by Crippen LogP contribution is 2.19. The van der Waals surface area contributed by atoms with Crippen LogP contribution in [0.5, 0.6) is 0 Å². The molecule has 0 aliphatic carbocycles. The van der Waals surface area contributed by atoms with Crippen molar-refractivity contribution in [3.63, 3.8) is 0 Å². The van der Waals surface area contributed by atoms with Gasteiger partial charge in [-0.25, -0.2) is 0 Å². The number of amides is 1. The lowest BCUT2D eigenvalue weighted by molar-refractivity contribution is -0.115. The number of aliphatic hydroxyl groups excluding tert-OH is 1. The quantitative estimate of drug-likeness (QED) is 0.725. The average molecular weight is 257 g/mol. The molecule has 0 aliphatic heterocycles. The molecular formula is C12H17ClN2O2. The summed E-state index contributed by atoms with van der Waals surface area (Å²) in [7, 11) is 0. The minimum atomic E-state index is -0.176. The summed E-state index contributed by atoms with van der Waals surface area (Å²) >= 11 is 5.91. The Bertz CT molecular complexity index is 367. The normalized spacial score (nSPS) is 12.2. The number of anilines is 1. The van der Waals surface area contributed by atoms with Gasteiger partial charge in [0.2, 0.25) is 5.91 Å². The number of benzene rings is 1. The van der Waals surface area contributed by atoms with Gasteiger partial charge in [-0.2, -0.15) is 0 Å². The molecule has 1 rings (SSSR count). The van der Waals surface area contributed by atoms with Crippen molar-refractivity contribution in [1.82, 2.24) is 5.32 Å². The number of nitrogens with one attached hydrogen (secondary N) is 2. The van der Waals surface area contributed by atoms with E-state index in [2.05, 4.69) is 10.6 Å². The Morgan fingerprint density at radius 2 is 2.18 bits per heavy atom. The summed E-state index contributed by atoms with van der Waals surface area (Å²) in [6.07, 6.45) is 0.774. The van der Waals surface area contributed by atoms with Gasteiger partial charge in [-0.15, -0.1) is 0 Å². The zero-order chi connectivity index (χ0) is 12.7. The van der Waals surface area contributed by atoms with Crippen molar-refractivity contribution in [3.05, 3.63) is 29.3 Å². The average Bonchev–Trinajstić information content (AvgIpc) is 2.33. The fourth-order valence-corrected chi connectivity index (χ4v) is 1.51. The second kappa shape index (κ2) is 7.27. The second-order valence-electron chi connectivity index (χ2n) is 3.70. The Labute approximate surface area is 106 Å². The molecule has 4 nitrogen and oxygen atoms in total. The highest BCUT2D eigenvalue weighted by molar-refractivity contribution is 6.33. The molecule has 0 spiro atoms. The van der Waals surface area contributed by atoms with Gasteiger partial charge in [0.1, 0.15) is 0 Å². The molecule has 0 radical (unpaired) electrons. The van der Waals surface area contributed by atoms with E-state index in [0.717, 1.165) is 6.42 Å². The Morgan fingerprint density at radius 1 is 1.47 bits per heavy atom. The number of carbonyl (C=O) groups is 1. The van der Waals surface area contributed by atoms with Gasteiger partial charge in [-0.3, -0.25) is 4.79 Å². The topological polar surface area (TPSA) is 61.4 Å². The molecule has 3 N–H and O–H groups in total. The molecule has 0 aliphatic rings.